The Morgan fingerprint density at radius 2 is 1.30 bits per heavy atom. The number of hydrogen-bond acceptors (Lipinski definition) is 17. The molecule has 44 heavy (non-hydrogen) atoms. The van der Waals surface area contributed by atoms with Gasteiger partial charge in [-0.05, 0) is 6.07 Å². The van der Waals surface area contributed by atoms with Gasteiger partial charge in [0.15, 0.2) is 54.8 Å². The van der Waals surface area contributed by atoms with Crippen LogP contribution in [0.4, 0.5) is 11.5 Å². The largest absolute Gasteiger partial charge is 0.397 e. The quantitative estimate of drug-likeness (QED) is 0.140. The highest BCUT2D eigenvalue weighted by atomic mass is 31.2. The fourth-order valence-corrected chi connectivity index (χ4v) is 7.17. The summed E-state index contributed by atoms with van der Waals surface area (Å²) in [4.78, 5) is 42.0. The molecule has 21 nitrogen and oxygen atoms in total. The van der Waals surface area contributed by atoms with Crippen LogP contribution in [0.25, 0.3) is 22.3 Å². The maximum Gasteiger partial charge on any atom is 0.354 e. The number of fused-ring (bicyclic) bond motifs is 6. The predicted molar refractivity (Wildman–Crippen MR) is 143 cm³/mol. The number of nitrogens with two attached hydrogens (primary N) is 2. The molecule has 3 saturated heterocycles. The molecule has 236 valence electrons. The van der Waals surface area contributed by atoms with Gasteiger partial charge in [-0.1, -0.05) is 0 Å². The van der Waals surface area contributed by atoms with Gasteiger partial charge in [-0.25, -0.2) is 24.9 Å². The minimum atomic E-state index is -4.76. The van der Waals surface area contributed by atoms with Crippen LogP contribution in [-0.2, 0) is 37.1 Å². The molecule has 3 aliphatic heterocycles. The van der Waals surface area contributed by atoms with E-state index in [1.807, 2.05) is 0 Å². The molecule has 0 aromatic carbocycles. The highest BCUT2D eigenvalue weighted by molar-refractivity contribution is 7.52. The lowest BCUT2D eigenvalue weighted by Crippen LogP contribution is -2.37. The first-order chi connectivity index (χ1) is 20.9. The normalized spacial score (nSPS) is 38.3. The molecule has 3 fully saturated rings. The van der Waals surface area contributed by atoms with Gasteiger partial charge in [0.2, 0.25) is 0 Å². The van der Waals surface area contributed by atoms with Crippen molar-refractivity contribution in [2.24, 2.45) is 0 Å². The summed E-state index contributed by atoms with van der Waals surface area (Å²) >= 11 is 0. The molecule has 23 heteroatoms. The molecule has 4 bridgehead atoms. The highest BCUT2D eigenvalue weighted by Crippen LogP contribution is 2.53. The van der Waals surface area contributed by atoms with Crippen molar-refractivity contribution in [1.82, 2.24) is 34.1 Å². The van der Waals surface area contributed by atoms with Crippen LogP contribution in [0.1, 0.15) is 12.5 Å². The number of imidazole rings is 2. The summed E-state index contributed by atoms with van der Waals surface area (Å²) in [6.07, 6.45) is -9.96. The first kappa shape index (κ1) is 29.5. The zero-order valence-electron chi connectivity index (χ0n) is 22.2. The molecular weight excluding hydrogens is 632 g/mol. The lowest BCUT2D eigenvalue weighted by atomic mass is 10.2. The number of nitrogen functional groups attached to an aromatic ring is 2. The Balaban J connectivity index is 1.22. The van der Waals surface area contributed by atoms with Gasteiger partial charge in [0.1, 0.15) is 41.8 Å². The molecule has 3 aliphatic rings. The van der Waals surface area contributed by atoms with Crippen LogP contribution in [0.2, 0.25) is 0 Å². The lowest BCUT2D eigenvalue weighted by molar-refractivity contribution is -0.169. The van der Waals surface area contributed by atoms with Crippen molar-refractivity contribution in [3.63, 3.8) is 0 Å². The van der Waals surface area contributed by atoms with Crippen LogP contribution in [0.3, 0.4) is 0 Å². The van der Waals surface area contributed by atoms with Crippen LogP contribution < -0.4 is 11.5 Å². The van der Waals surface area contributed by atoms with E-state index in [0.29, 0.717) is 0 Å². The van der Waals surface area contributed by atoms with Crippen molar-refractivity contribution >= 4 is 49.0 Å². The van der Waals surface area contributed by atoms with Gasteiger partial charge < -0.3 is 50.4 Å². The number of aliphatic hydroxyl groups excluding tert-OH is 2. The van der Waals surface area contributed by atoms with Crippen LogP contribution in [-0.4, -0.2) is 104 Å². The molecule has 0 radical (unpaired) electrons. The van der Waals surface area contributed by atoms with E-state index in [0.717, 1.165) is 6.33 Å². The van der Waals surface area contributed by atoms with Gasteiger partial charge in [-0.3, -0.25) is 27.3 Å². The molecule has 4 aromatic rings. The van der Waals surface area contributed by atoms with Crippen molar-refractivity contribution in [1.29, 1.82) is 0 Å². The summed E-state index contributed by atoms with van der Waals surface area (Å²) in [5.41, 5.74) is 12.9. The first-order valence-corrected chi connectivity index (χ1v) is 16.4. The molecule has 7 heterocycles. The van der Waals surface area contributed by atoms with E-state index >= 15 is 0 Å². The van der Waals surface area contributed by atoms with E-state index in [1.165, 1.54) is 34.1 Å². The van der Waals surface area contributed by atoms with Crippen molar-refractivity contribution in [3.8, 4) is 0 Å². The monoisotopic (exact) mass is 657 g/mol. The fourth-order valence-electron chi connectivity index (χ4n) is 5.16. The van der Waals surface area contributed by atoms with Gasteiger partial charge in [-0.15, -0.1) is 0 Å². The summed E-state index contributed by atoms with van der Waals surface area (Å²) in [5.74, 6) is 0.0328. The molecule has 0 saturated carbocycles. The second-order valence-corrected chi connectivity index (χ2v) is 13.6. The summed E-state index contributed by atoms with van der Waals surface area (Å²) in [6, 6.07) is 1.51. The molecule has 7 rings (SSSR count). The summed E-state index contributed by atoms with van der Waals surface area (Å²) in [7, 11) is -9.51. The van der Waals surface area contributed by atoms with E-state index in [1.54, 1.807) is 0 Å². The molecule has 4 unspecified atom stereocenters. The SMILES string of the molecule is Nc1ccnc2c1ncn2[C@@H]1O[C@@H]2OCP(=O)(O)OC3[C@@H](O)[C@@H](OCP(=O)(O)OC1[C@H]2O)O[C@H]3n1cnc2c(N)ncnc21. The summed E-state index contributed by atoms with van der Waals surface area (Å²) < 4.78 is 62.3. The minimum absolute atomic E-state index is 0.0328. The second kappa shape index (κ2) is 10.7. The Hall–Kier alpha value is -3.17. The molecule has 8 N–H and O–H groups in total. The standard InChI is InChI=1S/C21H25N9O12P2/c22-8-1-2-24-16-9(8)27-4-29(16)18-13-11(31)20(39-18)37-6-44(35,36)42-14-12(32)21(38-7-43(33,34)41-13)40-19(14)30-5-28-10-15(23)25-3-26-17(10)30/h1-5,11-14,18-21,31-32H,6-7H2,(H2,22,24)(H,33,34)(H,35,36)(H2,23,25,26)/t11-,12-,13?,14?,18-,19-,20+,21+/m1/s1. The molecule has 0 amide bonds. The third kappa shape index (κ3) is 5.06. The van der Waals surface area contributed by atoms with Crippen molar-refractivity contribution in [3.05, 3.63) is 31.2 Å². The van der Waals surface area contributed by atoms with Gasteiger partial charge in [0.05, 0.1) is 18.3 Å². The van der Waals surface area contributed by atoms with Crippen LogP contribution in [0.15, 0.2) is 31.2 Å². The summed E-state index contributed by atoms with van der Waals surface area (Å²) in [5, 5.41) is 22.1. The molecular formula is C21H25N9O12P2. The molecule has 0 aliphatic carbocycles. The van der Waals surface area contributed by atoms with Gasteiger partial charge in [-0.2, -0.15) is 0 Å². The number of aromatic nitrogens is 7. The number of ether oxygens (including phenoxy) is 4. The highest BCUT2D eigenvalue weighted by Gasteiger charge is 2.54. The van der Waals surface area contributed by atoms with Crippen LogP contribution in [0.5, 0.6) is 0 Å². The van der Waals surface area contributed by atoms with Crippen LogP contribution in [0, 0.1) is 0 Å². The number of nitrogens with zero attached hydrogens (tertiary/aromatic N) is 7. The van der Waals surface area contributed by atoms with Gasteiger partial charge >= 0.3 is 15.2 Å². The first-order valence-electron chi connectivity index (χ1n) is 12.8. The van der Waals surface area contributed by atoms with E-state index in [-0.39, 0.29) is 33.8 Å². The third-order valence-electron chi connectivity index (χ3n) is 7.14. The Kier molecular flexibility index (Phi) is 7.20. The van der Waals surface area contributed by atoms with E-state index in [9.17, 15) is 29.1 Å². The zero-order chi connectivity index (χ0) is 31.0. The average Bonchev–Trinajstić information content (AvgIpc) is 3.73. The maximum atomic E-state index is 13.2. The topological polar surface area (TPSA) is 297 Å². The number of rotatable bonds is 2. The second-order valence-electron chi connectivity index (χ2n) is 10.1. The van der Waals surface area contributed by atoms with E-state index in [2.05, 4.69) is 24.9 Å². The predicted octanol–water partition coefficient (Wildman–Crippen LogP) is -1.03. The summed E-state index contributed by atoms with van der Waals surface area (Å²) in [6.45, 7) is 0. The Morgan fingerprint density at radius 3 is 1.86 bits per heavy atom. The number of aliphatic hydroxyl groups is 2. The van der Waals surface area contributed by atoms with Crippen molar-refractivity contribution < 1.29 is 57.1 Å². The molecule has 4 aromatic heterocycles. The van der Waals surface area contributed by atoms with Gasteiger partial charge in [0.25, 0.3) is 0 Å². The average molecular weight is 657 g/mol. The number of pyridine rings is 1. The maximum absolute atomic E-state index is 13.2. The van der Waals surface area contributed by atoms with Crippen molar-refractivity contribution in [2.75, 3.05) is 24.2 Å². The molecule has 10 atom stereocenters. The Bertz CT molecular complexity index is 1690. The molecule has 0 spiro atoms. The fraction of sp³-hybridized carbons (Fsp3) is 0.476. The smallest absolute Gasteiger partial charge is 0.354 e. The third-order valence-corrected chi connectivity index (χ3v) is 9.24. The number of hydrogen-bond donors (Lipinski definition) is 6. The van der Waals surface area contributed by atoms with E-state index in [4.69, 9.17) is 39.5 Å². The Morgan fingerprint density at radius 1 is 0.773 bits per heavy atom. The zero-order valence-corrected chi connectivity index (χ0v) is 23.9. The van der Waals surface area contributed by atoms with Crippen LogP contribution >= 0.6 is 15.2 Å². The lowest BCUT2D eigenvalue weighted by Gasteiger charge is -2.26. The Labute approximate surface area is 245 Å². The minimum Gasteiger partial charge on any atom is -0.397 e. The van der Waals surface area contributed by atoms with Gasteiger partial charge in [0, 0.05) is 6.20 Å². The number of anilines is 2. The van der Waals surface area contributed by atoms with E-state index < -0.39 is 77.3 Å². The van der Waals surface area contributed by atoms with Crippen molar-refractivity contribution in [2.45, 2.75) is 49.5 Å².